The molecule has 2 aromatic rings. The van der Waals surface area contributed by atoms with Crippen LogP contribution in [0.3, 0.4) is 0 Å². The number of nitrogens with one attached hydrogen (secondary N) is 1. The first-order valence-electron chi connectivity index (χ1n) is 5.41. The maximum atomic E-state index is 7.59. The molecule has 5 nitrogen and oxygen atoms in total. The molecule has 0 bridgehead atoms. The number of halogens is 2. The Hall–Kier alpha value is -1.53. The first-order chi connectivity index (χ1) is 8.90. The number of nitrogens with zero attached hydrogens (tertiary/aromatic N) is 2. The summed E-state index contributed by atoms with van der Waals surface area (Å²) in [5.41, 5.74) is 6.66. The van der Waals surface area contributed by atoms with E-state index in [-0.39, 0.29) is 5.84 Å². The van der Waals surface area contributed by atoms with Crippen molar-refractivity contribution in [3.05, 3.63) is 39.0 Å². The number of rotatable bonds is 3. The molecule has 2 rings (SSSR count). The van der Waals surface area contributed by atoms with Crippen LogP contribution in [0.2, 0.25) is 5.02 Å². The highest BCUT2D eigenvalue weighted by Crippen LogP contribution is 2.33. The van der Waals surface area contributed by atoms with E-state index in [2.05, 4.69) is 21.0 Å². The highest BCUT2D eigenvalue weighted by molar-refractivity contribution is 9.10. The van der Waals surface area contributed by atoms with Crippen molar-refractivity contribution in [2.75, 3.05) is 0 Å². The van der Waals surface area contributed by atoms with Gasteiger partial charge in [0.05, 0.1) is 10.7 Å². The summed E-state index contributed by atoms with van der Waals surface area (Å²) in [5.74, 6) is 0.790. The Balaban J connectivity index is 2.46. The second-order valence-corrected chi connectivity index (χ2v) is 5.30. The Morgan fingerprint density at radius 1 is 1.53 bits per heavy atom. The summed E-state index contributed by atoms with van der Waals surface area (Å²) in [4.78, 5) is 0. The molecular formula is C12H12BrClN4O. The zero-order valence-corrected chi connectivity index (χ0v) is 12.7. The van der Waals surface area contributed by atoms with Crippen LogP contribution in [0.15, 0.2) is 22.7 Å². The molecule has 0 unspecified atom stereocenters. The Kier molecular flexibility index (Phi) is 3.82. The second kappa shape index (κ2) is 5.22. The first-order valence-corrected chi connectivity index (χ1v) is 6.58. The van der Waals surface area contributed by atoms with E-state index in [1.165, 1.54) is 4.68 Å². The fourth-order valence-corrected chi connectivity index (χ4v) is 2.44. The molecule has 19 heavy (non-hydrogen) atoms. The standard InChI is InChI=1S/C12H12BrClN4O/c1-6-10(11(15)16)12(18(2)17-6)19-9-4-3-7(13)5-8(9)14/h3-5H,1-2H3,(H3,15,16). The van der Waals surface area contributed by atoms with Gasteiger partial charge in [0, 0.05) is 11.5 Å². The number of aryl methyl sites for hydroxylation is 2. The lowest BCUT2D eigenvalue weighted by molar-refractivity contribution is 0.430. The van der Waals surface area contributed by atoms with Crippen molar-refractivity contribution in [2.45, 2.75) is 6.92 Å². The third-order valence-corrected chi connectivity index (χ3v) is 3.33. The average molecular weight is 344 g/mol. The van der Waals surface area contributed by atoms with Gasteiger partial charge in [-0.15, -0.1) is 0 Å². The summed E-state index contributed by atoms with van der Waals surface area (Å²) in [7, 11) is 1.72. The minimum Gasteiger partial charge on any atom is -0.437 e. The highest BCUT2D eigenvalue weighted by Gasteiger charge is 2.18. The van der Waals surface area contributed by atoms with Gasteiger partial charge in [-0.1, -0.05) is 27.5 Å². The van der Waals surface area contributed by atoms with Crippen LogP contribution in [-0.2, 0) is 7.05 Å². The van der Waals surface area contributed by atoms with Gasteiger partial charge in [0.1, 0.15) is 17.1 Å². The van der Waals surface area contributed by atoms with Gasteiger partial charge in [-0.05, 0) is 25.1 Å². The lowest BCUT2D eigenvalue weighted by Gasteiger charge is -2.09. The molecule has 100 valence electrons. The number of nitrogen functional groups attached to an aromatic ring is 1. The van der Waals surface area contributed by atoms with E-state index in [0.29, 0.717) is 27.9 Å². The first kappa shape index (κ1) is 13.9. The van der Waals surface area contributed by atoms with Gasteiger partial charge in [0.2, 0.25) is 5.88 Å². The number of ether oxygens (including phenoxy) is 1. The number of hydrogen-bond acceptors (Lipinski definition) is 3. The van der Waals surface area contributed by atoms with Crippen molar-refractivity contribution < 1.29 is 4.74 Å². The molecular weight excluding hydrogens is 332 g/mol. The van der Waals surface area contributed by atoms with Crippen LogP contribution in [0.5, 0.6) is 11.6 Å². The summed E-state index contributed by atoms with van der Waals surface area (Å²) in [5, 5.41) is 12.2. The molecule has 0 atom stereocenters. The third-order valence-electron chi connectivity index (χ3n) is 2.54. The van der Waals surface area contributed by atoms with E-state index < -0.39 is 0 Å². The number of hydrogen-bond donors (Lipinski definition) is 2. The largest absolute Gasteiger partial charge is 0.437 e. The molecule has 7 heteroatoms. The molecule has 0 fully saturated rings. The molecule has 0 aliphatic rings. The number of nitrogens with two attached hydrogens (primary N) is 1. The Bertz CT molecular complexity index is 653. The zero-order chi connectivity index (χ0) is 14.2. The zero-order valence-electron chi connectivity index (χ0n) is 10.4. The molecule has 1 heterocycles. The van der Waals surface area contributed by atoms with Crippen molar-refractivity contribution in [1.82, 2.24) is 9.78 Å². The van der Waals surface area contributed by atoms with E-state index in [1.54, 1.807) is 26.1 Å². The van der Waals surface area contributed by atoms with E-state index in [1.807, 2.05) is 6.07 Å². The van der Waals surface area contributed by atoms with Gasteiger partial charge in [-0.25, -0.2) is 4.68 Å². The minimum atomic E-state index is -0.0890. The molecule has 0 amide bonds. The fourth-order valence-electron chi connectivity index (χ4n) is 1.73. The SMILES string of the molecule is Cc1nn(C)c(Oc2ccc(Br)cc2Cl)c1C(=N)N. The minimum absolute atomic E-state index is 0.0890. The van der Waals surface area contributed by atoms with Gasteiger partial charge in [0.25, 0.3) is 0 Å². The predicted molar refractivity (Wildman–Crippen MR) is 78.2 cm³/mol. The molecule has 0 spiro atoms. The number of benzene rings is 1. The van der Waals surface area contributed by atoms with Crippen LogP contribution in [-0.4, -0.2) is 15.6 Å². The summed E-state index contributed by atoms with van der Waals surface area (Å²) in [6.07, 6.45) is 0. The van der Waals surface area contributed by atoms with Gasteiger partial charge in [0.15, 0.2) is 0 Å². The van der Waals surface area contributed by atoms with E-state index in [0.717, 1.165) is 4.47 Å². The summed E-state index contributed by atoms with van der Waals surface area (Å²) >= 11 is 9.43. The van der Waals surface area contributed by atoms with Gasteiger partial charge in [-0.2, -0.15) is 5.10 Å². The van der Waals surface area contributed by atoms with Crippen molar-refractivity contribution in [3.8, 4) is 11.6 Å². The molecule has 1 aromatic heterocycles. The third kappa shape index (κ3) is 2.74. The van der Waals surface area contributed by atoms with Crippen molar-refractivity contribution in [3.63, 3.8) is 0 Å². The van der Waals surface area contributed by atoms with Crippen molar-refractivity contribution >= 4 is 33.4 Å². The van der Waals surface area contributed by atoms with Crippen LogP contribution < -0.4 is 10.5 Å². The van der Waals surface area contributed by atoms with Crippen LogP contribution in [0.25, 0.3) is 0 Å². The lowest BCUT2D eigenvalue weighted by atomic mass is 10.2. The van der Waals surface area contributed by atoms with Crippen molar-refractivity contribution in [2.24, 2.45) is 12.8 Å². The Morgan fingerprint density at radius 2 is 2.21 bits per heavy atom. The van der Waals surface area contributed by atoms with E-state index in [4.69, 9.17) is 27.5 Å². The molecule has 0 radical (unpaired) electrons. The molecule has 1 aromatic carbocycles. The average Bonchev–Trinajstić information content (AvgIpc) is 2.57. The summed E-state index contributed by atoms with van der Waals surface area (Å²) in [6.45, 7) is 1.77. The monoisotopic (exact) mass is 342 g/mol. The molecule has 0 saturated heterocycles. The number of aromatic nitrogens is 2. The van der Waals surface area contributed by atoms with Gasteiger partial charge >= 0.3 is 0 Å². The summed E-state index contributed by atoms with van der Waals surface area (Å²) in [6, 6.07) is 5.28. The molecule has 0 saturated carbocycles. The van der Waals surface area contributed by atoms with Gasteiger partial charge < -0.3 is 10.5 Å². The summed E-state index contributed by atoms with van der Waals surface area (Å²) < 4.78 is 8.13. The normalized spacial score (nSPS) is 10.5. The topological polar surface area (TPSA) is 76.9 Å². The number of amidine groups is 1. The molecule has 3 N–H and O–H groups in total. The molecule has 0 aliphatic heterocycles. The van der Waals surface area contributed by atoms with E-state index >= 15 is 0 Å². The smallest absolute Gasteiger partial charge is 0.228 e. The maximum absolute atomic E-state index is 7.59. The maximum Gasteiger partial charge on any atom is 0.228 e. The quantitative estimate of drug-likeness (QED) is 0.663. The van der Waals surface area contributed by atoms with Crippen molar-refractivity contribution in [1.29, 1.82) is 5.41 Å². The van der Waals surface area contributed by atoms with E-state index in [9.17, 15) is 0 Å². The van der Waals surface area contributed by atoms with Crippen LogP contribution in [0.4, 0.5) is 0 Å². The van der Waals surface area contributed by atoms with Crippen LogP contribution >= 0.6 is 27.5 Å². The molecule has 0 aliphatic carbocycles. The Morgan fingerprint density at radius 3 is 2.79 bits per heavy atom. The second-order valence-electron chi connectivity index (χ2n) is 3.98. The predicted octanol–water partition coefficient (Wildman–Crippen LogP) is 3.22. The van der Waals surface area contributed by atoms with Crippen LogP contribution in [0.1, 0.15) is 11.3 Å². The van der Waals surface area contributed by atoms with Gasteiger partial charge in [-0.3, -0.25) is 5.41 Å². The van der Waals surface area contributed by atoms with Crippen LogP contribution in [0, 0.1) is 12.3 Å². The Labute approximate surface area is 124 Å². The highest BCUT2D eigenvalue weighted by atomic mass is 79.9. The lowest BCUT2D eigenvalue weighted by Crippen LogP contribution is -2.13. The fraction of sp³-hybridized carbons (Fsp3) is 0.167.